The van der Waals surface area contributed by atoms with E-state index < -0.39 is 5.79 Å². The molecule has 0 aliphatic carbocycles. The van der Waals surface area contributed by atoms with Gasteiger partial charge in [-0.2, -0.15) is 0 Å². The van der Waals surface area contributed by atoms with Crippen molar-refractivity contribution < 1.29 is 9.47 Å². The lowest BCUT2D eigenvalue weighted by molar-refractivity contribution is -0.165. The van der Waals surface area contributed by atoms with E-state index in [1.807, 2.05) is 25.1 Å². The van der Waals surface area contributed by atoms with Crippen LogP contribution in [0.5, 0.6) is 0 Å². The standard InChI is InChI=1S/C23H23N3O3/c1-15-14-24-16(2)18(15)5-3-17-4-6-19-20(13-17)25-21-7-8-23(28-11-12-29-23)9-10-26(21)22(19)27/h4,6,13H,7-12,14H2,1-2H3. The van der Waals surface area contributed by atoms with Gasteiger partial charge in [0.25, 0.3) is 5.56 Å². The molecule has 1 aromatic heterocycles. The van der Waals surface area contributed by atoms with Crippen molar-refractivity contribution in [2.45, 2.75) is 45.4 Å². The van der Waals surface area contributed by atoms with Crippen LogP contribution in [0.1, 0.15) is 38.1 Å². The van der Waals surface area contributed by atoms with Gasteiger partial charge in [-0.3, -0.25) is 14.4 Å². The van der Waals surface area contributed by atoms with Gasteiger partial charge in [0, 0.05) is 42.7 Å². The molecule has 0 radical (unpaired) electrons. The van der Waals surface area contributed by atoms with Crippen molar-refractivity contribution in [2.24, 2.45) is 4.99 Å². The van der Waals surface area contributed by atoms with Crippen molar-refractivity contribution >= 4 is 16.6 Å². The van der Waals surface area contributed by atoms with E-state index in [9.17, 15) is 4.79 Å². The van der Waals surface area contributed by atoms with Crippen LogP contribution in [0.3, 0.4) is 0 Å². The molecule has 29 heavy (non-hydrogen) atoms. The Kier molecular flexibility index (Phi) is 4.38. The first-order chi connectivity index (χ1) is 14.0. The molecule has 0 saturated carbocycles. The molecule has 0 bridgehead atoms. The van der Waals surface area contributed by atoms with Gasteiger partial charge in [-0.15, -0.1) is 0 Å². The molecular formula is C23H23N3O3. The molecule has 0 amide bonds. The normalized spacial score (nSPS) is 20.4. The lowest BCUT2D eigenvalue weighted by Gasteiger charge is -2.24. The summed E-state index contributed by atoms with van der Waals surface area (Å²) in [5, 5.41) is 0.623. The lowest BCUT2D eigenvalue weighted by atomic mass is 10.1. The highest BCUT2D eigenvalue weighted by Gasteiger charge is 2.38. The highest BCUT2D eigenvalue weighted by molar-refractivity contribution is 6.04. The quantitative estimate of drug-likeness (QED) is 0.650. The van der Waals surface area contributed by atoms with Crippen molar-refractivity contribution in [3.05, 3.63) is 51.1 Å². The molecule has 6 nitrogen and oxygen atoms in total. The van der Waals surface area contributed by atoms with Gasteiger partial charge in [0.05, 0.1) is 30.7 Å². The van der Waals surface area contributed by atoms with E-state index in [2.05, 4.69) is 23.8 Å². The van der Waals surface area contributed by atoms with Crippen molar-refractivity contribution in [1.82, 2.24) is 9.55 Å². The first kappa shape index (κ1) is 18.3. The second kappa shape index (κ2) is 6.94. The number of fused-ring (bicyclic) bond motifs is 2. The van der Waals surface area contributed by atoms with Crippen LogP contribution in [0.25, 0.3) is 10.9 Å². The Labute approximate surface area is 169 Å². The summed E-state index contributed by atoms with van der Waals surface area (Å²) in [6.07, 6.45) is 2.05. The monoisotopic (exact) mass is 389 g/mol. The predicted molar refractivity (Wildman–Crippen MR) is 111 cm³/mol. The molecule has 5 rings (SSSR count). The van der Waals surface area contributed by atoms with E-state index in [0.717, 1.165) is 35.6 Å². The molecule has 4 heterocycles. The highest BCUT2D eigenvalue weighted by atomic mass is 16.7. The maximum absolute atomic E-state index is 13.1. The van der Waals surface area contributed by atoms with Crippen molar-refractivity contribution in [2.75, 3.05) is 19.8 Å². The maximum Gasteiger partial charge on any atom is 0.261 e. The predicted octanol–water partition coefficient (Wildman–Crippen LogP) is 2.62. The summed E-state index contributed by atoms with van der Waals surface area (Å²) in [5.74, 6) is 6.68. The van der Waals surface area contributed by atoms with Crippen LogP contribution in [0.4, 0.5) is 0 Å². The van der Waals surface area contributed by atoms with E-state index in [1.165, 1.54) is 5.57 Å². The second-order valence-corrected chi connectivity index (χ2v) is 7.88. The molecule has 1 fully saturated rings. The SMILES string of the molecule is CC1=NCC(C)=C1C#Cc1ccc2c(=O)n3c(nc2c1)CCC1(CC3)OCCO1. The molecule has 2 aromatic rings. The number of nitrogens with zero attached hydrogens (tertiary/aromatic N) is 3. The summed E-state index contributed by atoms with van der Waals surface area (Å²) in [6, 6.07) is 5.64. The van der Waals surface area contributed by atoms with E-state index in [0.29, 0.717) is 43.5 Å². The molecule has 1 spiro atoms. The third kappa shape index (κ3) is 3.21. The molecule has 148 valence electrons. The average Bonchev–Trinajstić information content (AvgIpc) is 3.25. The third-order valence-electron chi connectivity index (χ3n) is 5.97. The van der Waals surface area contributed by atoms with Crippen molar-refractivity contribution in [3.63, 3.8) is 0 Å². The van der Waals surface area contributed by atoms with Gasteiger partial charge in [0.2, 0.25) is 0 Å². The van der Waals surface area contributed by atoms with Gasteiger partial charge < -0.3 is 9.47 Å². The Hall–Kier alpha value is -2.75. The van der Waals surface area contributed by atoms with Gasteiger partial charge in [0.1, 0.15) is 5.82 Å². The fourth-order valence-corrected chi connectivity index (χ4v) is 4.30. The van der Waals surface area contributed by atoms with Crippen molar-refractivity contribution in [3.8, 4) is 11.8 Å². The largest absolute Gasteiger partial charge is 0.347 e. The molecule has 0 atom stereocenters. The lowest BCUT2D eigenvalue weighted by Crippen LogP contribution is -2.31. The number of aryl methyl sites for hydroxylation is 1. The molecule has 0 unspecified atom stereocenters. The number of hydrogen-bond acceptors (Lipinski definition) is 5. The third-order valence-corrected chi connectivity index (χ3v) is 5.97. The summed E-state index contributed by atoms with van der Waals surface area (Å²) in [5.41, 5.74) is 4.74. The first-order valence-corrected chi connectivity index (χ1v) is 10.1. The Bertz CT molecular complexity index is 1190. The van der Waals surface area contributed by atoms with Gasteiger partial charge in [-0.25, -0.2) is 4.98 Å². The van der Waals surface area contributed by atoms with Crippen LogP contribution in [0.15, 0.2) is 39.1 Å². The number of benzene rings is 1. The number of ether oxygens (including phenoxy) is 2. The molecule has 6 heteroatoms. The van der Waals surface area contributed by atoms with Crippen LogP contribution in [-0.4, -0.2) is 40.8 Å². The molecule has 3 aliphatic rings. The van der Waals surface area contributed by atoms with Gasteiger partial charge >= 0.3 is 0 Å². The Balaban J connectivity index is 1.51. The summed E-state index contributed by atoms with van der Waals surface area (Å²) in [6.45, 7) is 6.57. The minimum Gasteiger partial charge on any atom is -0.347 e. The number of aromatic nitrogens is 2. The van der Waals surface area contributed by atoms with Gasteiger partial charge in [0.15, 0.2) is 5.79 Å². The van der Waals surface area contributed by atoms with Crippen molar-refractivity contribution in [1.29, 1.82) is 0 Å². The minimum atomic E-state index is -0.560. The maximum atomic E-state index is 13.1. The number of aliphatic imine (C=N–C) groups is 1. The topological polar surface area (TPSA) is 65.7 Å². The van der Waals surface area contributed by atoms with Gasteiger partial charge in [-0.05, 0) is 37.6 Å². The second-order valence-electron chi connectivity index (χ2n) is 7.88. The van der Waals surface area contributed by atoms with E-state index >= 15 is 0 Å². The zero-order valence-electron chi connectivity index (χ0n) is 16.7. The van der Waals surface area contributed by atoms with Crippen LogP contribution in [0, 0.1) is 11.8 Å². The highest BCUT2D eigenvalue weighted by Crippen LogP contribution is 2.31. The van der Waals surface area contributed by atoms with E-state index in [1.54, 1.807) is 4.57 Å². The molecular weight excluding hydrogens is 366 g/mol. The zero-order valence-corrected chi connectivity index (χ0v) is 16.7. The van der Waals surface area contributed by atoms with Crippen LogP contribution >= 0.6 is 0 Å². The summed E-state index contributed by atoms with van der Waals surface area (Å²) >= 11 is 0. The average molecular weight is 389 g/mol. The molecule has 0 N–H and O–H groups in total. The Morgan fingerprint density at radius 1 is 1.14 bits per heavy atom. The summed E-state index contributed by atoms with van der Waals surface area (Å²) in [4.78, 5) is 22.3. The first-order valence-electron chi connectivity index (χ1n) is 10.1. The molecule has 3 aliphatic heterocycles. The Morgan fingerprint density at radius 2 is 1.97 bits per heavy atom. The number of rotatable bonds is 0. The zero-order chi connectivity index (χ0) is 20.0. The van der Waals surface area contributed by atoms with Crippen LogP contribution in [0.2, 0.25) is 0 Å². The summed E-state index contributed by atoms with van der Waals surface area (Å²) in [7, 11) is 0. The van der Waals surface area contributed by atoms with E-state index in [4.69, 9.17) is 14.5 Å². The number of allylic oxidation sites excluding steroid dienone is 1. The fraction of sp³-hybridized carbons (Fsp3) is 0.435. The fourth-order valence-electron chi connectivity index (χ4n) is 4.30. The van der Waals surface area contributed by atoms with E-state index in [-0.39, 0.29) is 5.56 Å². The van der Waals surface area contributed by atoms with Crippen LogP contribution < -0.4 is 5.56 Å². The van der Waals surface area contributed by atoms with Gasteiger partial charge in [-0.1, -0.05) is 11.8 Å². The molecule has 1 saturated heterocycles. The minimum absolute atomic E-state index is 0.00289. The molecule has 1 aromatic carbocycles. The smallest absolute Gasteiger partial charge is 0.261 e. The van der Waals surface area contributed by atoms with Crippen LogP contribution in [-0.2, 0) is 22.4 Å². The Morgan fingerprint density at radius 3 is 2.72 bits per heavy atom. The number of hydrogen-bond donors (Lipinski definition) is 0. The summed E-state index contributed by atoms with van der Waals surface area (Å²) < 4.78 is 13.5.